The molecule has 0 aliphatic carbocycles. The molecule has 0 bridgehead atoms. The number of nitrogens with two attached hydrogens (primary N) is 1. The topological polar surface area (TPSA) is 63.4 Å². The van der Waals surface area contributed by atoms with E-state index in [2.05, 4.69) is 6.58 Å². The first-order valence-electron chi connectivity index (χ1n) is 5.49. The zero-order valence-electron chi connectivity index (χ0n) is 9.96. The smallest absolute Gasteiger partial charge is 0.243 e. The summed E-state index contributed by atoms with van der Waals surface area (Å²) in [5, 5.41) is 0. The molecule has 1 aromatic carbocycles. The highest BCUT2D eigenvalue weighted by Gasteiger charge is 2.22. The second-order valence-electron chi connectivity index (χ2n) is 3.72. The van der Waals surface area contributed by atoms with E-state index in [-0.39, 0.29) is 4.90 Å². The van der Waals surface area contributed by atoms with Crippen molar-refractivity contribution in [1.82, 2.24) is 4.31 Å². The van der Waals surface area contributed by atoms with Gasteiger partial charge in [-0.25, -0.2) is 8.42 Å². The molecule has 0 aliphatic heterocycles. The zero-order chi connectivity index (χ0) is 12.9. The van der Waals surface area contributed by atoms with Gasteiger partial charge in [0.05, 0.1) is 4.90 Å². The standard InChI is InChI=1S/C12H18N2O2S/c1-3-8-14(9-4-2)17(15,16)12-7-5-6-11(13)10-12/h3,5-7,10H,1,4,8-9,13H2,2H3. The second kappa shape index (κ2) is 5.84. The number of rotatable bonds is 6. The maximum atomic E-state index is 12.3. The van der Waals surface area contributed by atoms with E-state index < -0.39 is 10.0 Å². The van der Waals surface area contributed by atoms with E-state index in [4.69, 9.17) is 5.73 Å². The molecule has 17 heavy (non-hydrogen) atoms. The molecule has 0 heterocycles. The number of benzene rings is 1. The van der Waals surface area contributed by atoms with Gasteiger partial charge >= 0.3 is 0 Å². The van der Waals surface area contributed by atoms with Crippen molar-refractivity contribution in [3.05, 3.63) is 36.9 Å². The highest BCUT2D eigenvalue weighted by molar-refractivity contribution is 7.89. The van der Waals surface area contributed by atoms with Crippen LogP contribution in [0.1, 0.15) is 13.3 Å². The molecule has 0 saturated carbocycles. The lowest BCUT2D eigenvalue weighted by Gasteiger charge is -2.20. The quantitative estimate of drug-likeness (QED) is 0.622. The van der Waals surface area contributed by atoms with Crippen LogP contribution in [0.5, 0.6) is 0 Å². The van der Waals surface area contributed by atoms with Crippen molar-refractivity contribution in [2.45, 2.75) is 18.2 Å². The normalized spacial score (nSPS) is 11.6. The highest BCUT2D eigenvalue weighted by Crippen LogP contribution is 2.18. The lowest BCUT2D eigenvalue weighted by molar-refractivity contribution is 0.441. The lowest BCUT2D eigenvalue weighted by Crippen LogP contribution is -2.32. The van der Waals surface area contributed by atoms with Crippen molar-refractivity contribution in [3.63, 3.8) is 0 Å². The van der Waals surface area contributed by atoms with E-state index in [1.54, 1.807) is 24.3 Å². The number of nitrogen functional groups attached to an aromatic ring is 1. The van der Waals surface area contributed by atoms with Crippen molar-refractivity contribution < 1.29 is 8.42 Å². The molecule has 0 atom stereocenters. The van der Waals surface area contributed by atoms with Crippen molar-refractivity contribution in [2.75, 3.05) is 18.8 Å². The number of sulfonamides is 1. The fourth-order valence-electron chi connectivity index (χ4n) is 1.53. The third-order valence-electron chi connectivity index (χ3n) is 2.30. The van der Waals surface area contributed by atoms with Gasteiger partial charge < -0.3 is 5.73 Å². The summed E-state index contributed by atoms with van der Waals surface area (Å²) in [5.41, 5.74) is 6.05. The van der Waals surface area contributed by atoms with Gasteiger partial charge in [0.15, 0.2) is 0 Å². The number of nitrogens with zero attached hydrogens (tertiary/aromatic N) is 1. The molecule has 0 spiro atoms. The summed E-state index contributed by atoms with van der Waals surface area (Å²) in [6.07, 6.45) is 2.34. The zero-order valence-corrected chi connectivity index (χ0v) is 10.8. The molecule has 0 aromatic heterocycles. The average molecular weight is 254 g/mol. The largest absolute Gasteiger partial charge is 0.399 e. The molecule has 1 aromatic rings. The molecular weight excluding hydrogens is 236 g/mol. The Balaban J connectivity index is 3.11. The third-order valence-corrected chi connectivity index (χ3v) is 4.16. The molecule has 0 fully saturated rings. The van der Waals surface area contributed by atoms with Gasteiger partial charge in [-0.2, -0.15) is 4.31 Å². The highest BCUT2D eigenvalue weighted by atomic mass is 32.2. The second-order valence-corrected chi connectivity index (χ2v) is 5.66. The fraction of sp³-hybridized carbons (Fsp3) is 0.333. The minimum atomic E-state index is -3.47. The van der Waals surface area contributed by atoms with Crippen LogP contribution in [0.4, 0.5) is 5.69 Å². The Kier molecular flexibility index (Phi) is 4.72. The van der Waals surface area contributed by atoms with Gasteiger partial charge in [-0.15, -0.1) is 6.58 Å². The number of anilines is 1. The van der Waals surface area contributed by atoms with Crippen molar-refractivity contribution in [1.29, 1.82) is 0 Å². The van der Waals surface area contributed by atoms with Crippen molar-refractivity contribution in [2.24, 2.45) is 0 Å². The monoisotopic (exact) mass is 254 g/mol. The molecule has 1 rings (SSSR count). The van der Waals surface area contributed by atoms with Crippen LogP contribution in [0.25, 0.3) is 0 Å². The van der Waals surface area contributed by atoms with Crippen LogP contribution >= 0.6 is 0 Å². The van der Waals surface area contributed by atoms with Crippen molar-refractivity contribution >= 4 is 15.7 Å². The Morgan fingerprint density at radius 1 is 1.47 bits per heavy atom. The molecule has 0 amide bonds. The Morgan fingerprint density at radius 2 is 2.18 bits per heavy atom. The molecule has 0 radical (unpaired) electrons. The van der Waals surface area contributed by atoms with E-state index in [1.165, 1.54) is 10.4 Å². The maximum absolute atomic E-state index is 12.3. The minimum Gasteiger partial charge on any atom is -0.399 e. The molecule has 94 valence electrons. The van der Waals surface area contributed by atoms with Gasteiger partial charge in [-0.05, 0) is 24.6 Å². The van der Waals surface area contributed by atoms with E-state index in [9.17, 15) is 8.42 Å². The van der Waals surface area contributed by atoms with E-state index in [0.29, 0.717) is 18.8 Å². The van der Waals surface area contributed by atoms with Crippen LogP contribution in [-0.4, -0.2) is 25.8 Å². The Bertz CT molecular complexity index is 483. The van der Waals surface area contributed by atoms with E-state index in [1.807, 2.05) is 6.92 Å². The molecule has 0 aliphatic rings. The summed E-state index contributed by atoms with van der Waals surface area (Å²) in [6.45, 7) is 6.30. The number of hydrogen-bond acceptors (Lipinski definition) is 3. The van der Waals surface area contributed by atoms with Crippen LogP contribution < -0.4 is 5.73 Å². The summed E-state index contributed by atoms with van der Waals surface area (Å²) in [7, 11) is -3.47. The summed E-state index contributed by atoms with van der Waals surface area (Å²) in [6, 6.07) is 6.33. The van der Waals surface area contributed by atoms with Crippen LogP contribution in [0, 0.1) is 0 Å². The predicted octanol–water partition coefficient (Wildman–Crippen LogP) is 1.86. The third kappa shape index (κ3) is 3.31. The van der Waals surface area contributed by atoms with Gasteiger partial charge in [-0.3, -0.25) is 0 Å². The summed E-state index contributed by atoms with van der Waals surface area (Å²) >= 11 is 0. The molecular formula is C12H18N2O2S. The van der Waals surface area contributed by atoms with Crippen LogP contribution in [0.3, 0.4) is 0 Å². The van der Waals surface area contributed by atoms with E-state index in [0.717, 1.165) is 6.42 Å². The summed E-state index contributed by atoms with van der Waals surface area (Å²) in [5.74, 6) is 0. The van der Waals surface area contributed by atoms with Gasteiger partial charge in [0.2, 0.25) is 10.0 Å². The Morgan fingerprint density at radius 3 is 2.71 bits per heavy atom. The summed E-state index contributed by atoms with van der Waals surface area (Å²) < 4.78 is 26.0. The molecule has 0 saturated heterocycles. The molecule has 5 heteroatoms. The molecule has 4 nitrogen and oxygen atoms in total. The van der Waals surface area contributed by atoms with Gasteiger partial charge in [-0.1, -0.05) is 19.1 Å². The first kappa shape index (κ1) is 13.7. The first-order chi connectivity index (χ1) is 8.02. The predicted molar refractivity (Wildman–Crippen MR) is 70.1 cm³/mol. The summed E-state index contributed by atoms with van der Waals surface area (Å²) in [4.78, 5) is 0.229. The van der Waals surface area contributed by atoms with Crippen molar-refractivity contribution in [3.8, 4) is 0 Å². The molecule has 2 N–H and O–H groups in total. The van der Waals surface area contributed by atoms with Gasteiger partial charge in [0, 0.05) is 18.8 Å². The van der Waals surface area contributed by atoms with Gasteiger partial charge in [0.1, 0.15) is 0 Å². The minimum absolute atomic E-state index is 0.229. The SMILES string of the molecule is C=CCN(CCC)S(=O)(=O)c1cccc(N)c1. The maximum Gasteiger partial charge on any atom is 0.243 e. The van der Waals surface area contributed by atoms with Crippen LogP contribution in [0.2, 0.25) is 0 Å². The first-order valence-corrected chi connectivity index (χ1v) is 6.93. The average Bonchev–Trinajstić information content (AvgIpc) is 2.29. The van der Waals surface area contributed by atoms with Crippen LogP contribution in [0.15, 0.2) is 41.8 Å². The lowest BCUT2D eigenvalue weighted by atomic mass is 10.3. The Hall–Kier alpha value is -1.33. The van der Waals surface area contributed by atoms with E-state index >= 15 is 0 Å². The van der Waals surface area contributed by atoms with Crippen LogP contribution in [-0.2, 0) is 10.0 Å². The fourth-order valence-corrected chi connectivity index (χ4v) is 3.09. The molecule has 0 unspecified atom stereocenters. The Labute approximate surface area is 103 Å². The van der Waals surface area contributed by atoms with Gasteiger partial charge in [0.25, 0.3) is 0 Å². The number of hydrogen-bond donors (Lipinski definition) is 1.